The van der Waals surface area contributed by atoms with Gasteiger partial charge in [-0.3, -0.25) is 4.31 Å². The van der Waals surface area contributed by atoms with Gasteiger partial charge in [0.15, 0.2) is 0 Å². The van der Waals surface area contributed by atoms with Gasteiger partial charge in [-0.25, -0.2) is 13.4 Å². The first kappa shape index (κ1) is 15.8. The maximum absolute atomic E-state index is 13.0. The normalized spacial score (nSPS) is 17.5. The van der Waals surface area contributed by atoms with Gasteiger partial charge in [-0.2, -0.15) is 0 Å². The summed E-state index contributed by atoms with van der Waals surface area (Å²) in [7, 11) is -3.63. The smallest absolute Gasteiger partial charge is 0.264 e. The van der Waals surface area contributed by atoms with Crippen molar-refractivity contribution in [2.24, 2.45) is 0 Å². The van der Waals surface area contributed by atoms with Gasteiger partial charge in [0.2, 0.25) is 5.88 Å². The molecule has 0 N–H and O–H groups in total. The van der Waals surface area contributed by atoms with Crippen LogP contribution in [0, 0.1) is 0 Å². The molecule has 6 heteroatoms. The minimum Gasteiger partial charge on any atom is -0.471 e. The topological polar surface area (TPSA) is 59.5 Å². The van der Waals surface area contributed by atoms with E-state index in [1.807, 2.05) is 19.1 Å². The second kappa shape index (κ2) is 6.20. The van der Waals surface area contributed by atoms with Crippen LogP contribution in [0.25, 0.3) is 0 Å². The lowest BCUT2D eigenvalue weighted by Gasteiger charge is -2.33. The van der Waals surface area contributed by atoms with Gasteiger partial charge < -0.3 is 4.74 Å². The van der Waals surface area contributed by atoms with E-state index < -0.39 is 10.0 Å². The third kappa shape index (κ3) is 3.03. The predicted octanol–water partition coefficient (Wildman–Crippen LogP) is 3.01. The summed E-state index contributed by atoms with van der Waals surface area (Å²) in [5.74, 6) is 0.359. The fourth-order valence-electron chi connectivity index (χ4n) is 2.69. The Hall–Kier alpha value is -2.08. The van der Waals surface area contributed by atoms with Crippen molar-refractivity contribution in [2.75, 3.05) is 10.8 Å². The van der Waals surface area contributed by atoms with E-state index in [0.29, 0.717) is 16.5 Å². The van der Waals surface area contributed by atoms with Gasteiger partial charge in [-0.05, 0) is 43.2 Å². The van der Waals surface area contributed by atoms with Crippen LogP contribution in [0.2, 0.25) is 0 Å². The molecular weight excluding hydrogens is 312 g/mol. The molecule has 0 radical (unpaired) electrons. The largest absolute Gasteiger partial charge is 0.471 e. The van der Waals surface area contributed by atoms with E-state index in [-0.39, 0.29) is 12.6 Å². The van der Waals surface area contributed by atoms with Crippen LogP contribution in [0.3, 0.4) is 0 Å². The molecule has 1 aliphatic rings. The summed E-state index contributed by atoms with van der Waals surface area (Å²) >= 11 is 0. The summed E-state index contributed by atoms with van der Waals surface area (Å²) in [5, 5.41) is 0. The molecule has 0 saturated carbocycles. The molecule has 23 heavy (non-hydrogen) atoms. The van der Waals surface area contributed by atoms with Crippen molar-refractivity contribution in [1.29, 1.82) is 0 Å². The van der Waals surface area contributed by atoms with Crippen molar-refractivity contribution in [3.05, 3.63) is 48.2 Å². The Morgan fingerprint density at radius 3 is 2.70 bits per heavy atom. The standard InChI is InChI=1S/C17H20N2O3S/c1-3-5-14-7-9-15(10-8-14)23(20,21)19-12-13(2)22-17-16(19)6-4-11-18-17/h4,6-11,13H,3,5,12H2,1-2H3/t13-/m0/s1. The van der Waals surface area contributed by atoms with Gasteiger partial charge in [-0.15, -0.1) is 0 Å². The average molecular weight is 332 g/mol. The first-order valence-corrected chi connectivity index (χ1v) is 9.19. The minimum atomic E-state index is -3.63. The molecule has 1 aliphatic heterocycles. The highest BCUT2D eigenvalue weighted by Gasteiger charge is 2.33. The number of ether oxygens (including phenoxy) is 1. The van der Waals surface area contributed by atoms with Crippen LogP contribution in [0.5, 0.6) is 5.88 Å². The highest BCUT2D eigenvalue weighted by Crippen LogP contribution is 2.34. The average Bonchev–Trinajstić information content (AvgIpc) is 2.55. The third-order valence-electron chi connectivity index (χ3n) is 3.81. The van der Waals surface area contributed by atoms with Crippen LogP contribution in [-0.4, -0.2) is 26.1 Å². The summed E-state index contributed by atoms with van der Waals surface area (Å²) in [6.45, 7) is 4.21. The Morgan fingerprint density at radius 2 is 2.00 bits per heavy atom. The van der Waals surface area contributed by atoms with E-state index in [4.69, 9.17) is 4.74 Å². The van der Waals surface area contributed by atoms with E-state index in [9.17, 15) is 8.42 Å². The lowest BCUT2D eigenvalue weighted by atomic mass is 10.1. The molecule has 1 aromatic carbocycles. The Morgan fingerprint density at radius 1 is 1.26 bits per heavy atom. The van der Waals surface area contributed by atoms with E-state index in [1.54, 1.807) is 30.5 Å². The zero-order chi connectivity index (χ0) is 16.4. The van der Waals surface area contributed by atoms with Crippen molar-refractivity contribution >= 4 is 15.7 Å². The zero-order valence-electron chi connectivity index (χ0n) is 13.3. The summed E-state index contributed by atoms with van der Waals surface area (Å²) in [6.07, 6.45) is 3.33. The van der Waals surface area contributed by atoms with Crippen molar-refractivity contribution in [2.45, 2.75) is 37.7 Å². The zero-order valence-corrected chi connectivity index (χ0v) is 14.1. The quantitative estimate of drug-likeness (QED) is 0.863. The monoisotopic (exact) mass is 332 g/mol. The number of hydrogen-bond donors (Lipinski definition) is 0. The molecule has 0 amide bonds. The van der Waals surface area contributed by atoms with Crippen LogP contribution in [0.4, 0.5) is 5.69 Å². The second-order valence-electron chi connectivity index (χ2n) is 5.69. The van der Waals surface area contributed by atoms with Crippen molar-refractivity contribution in [1.82, 2.24) is 4.98 Å². The Labute approximate surface area is 137 Å². The van der Waals surface area contributed by atoms with Crippen LogP contribution >= 0.6 is 0 Å². The van der Waals surface area contributed by atoms with Crippen LogP contribution < -0.4 is 9.04 Å². The number of fused-ring (bicyclic) bond motifs is 1. The molecule has 2 aromatic rings. The molecule has 1 atom stereocenters. The Balaban J connectivity index is 1.99. The fraction of sp³-hybridized carbons (Fsp3) is 0.353. The third-order valence-corrected chi connectivity index (χ3v) is 5.60. The van der Waals surface area contributed by atoms with Crippen molar-refractivity contribution < 1.29 is 13.2 Å². The lowest BCUT2D eigenvalue weighted by molar-refractivity contribution is 0.210. The van der Waals surface area contributed by atoms with E-state index in [1.165, 1.54) is 4.31 Å². The summed E-state index contributed by atoms with van der Waals surface area (Å²) in [6, 6.07) is 10.5. The van der Waals surface area contributed by atoms with Gasteiger partial charge >= 0.3 is 0 Å². The van der Waals surface area contributed by atoms with E-state index in [0.717, 1.165) is 18.4 Å². The van der Waals surface area contributed by atoms with Gasteiger partial charge in [0.05, 0.1) is 11.4 Å². The van der Waals surface area contributed by atoms with Crippen LogP contribution in [-0.2, 0) is 16.4 Å². The highest BCUT2D eigenvalue weighted by molar-refractivity contribution is 7.92. The molecule has 0 spiro atoms. The number of aromatic nitrogens is 1. The second-order valence-corrected chi connectivity index (χ2v) is 7.55. The maximum Gasteiger partial charge on any atom is 0.264 e. The number of sulfonamides is 1. The Kier molecular flexibility index (Phi) is 4.26. The van der Waals surface area contributed by atoms with Crippen LogP contribution in [0.15, 0.2) is 47.5 Å². The molecule has 0 unspecified atom stereocenters. The number of anilines is 1. The molecule has 0 aliphatic carbocycles. The number of pyridine rings is 1. The molecule has 3 rings (SSSR count). The molecule has 0 bridgehead atoms. The summed E-state index contributed by atoms with van der Waals surface area (Å²) in [4.78, 5) is 4.43. The summed E-state index contributed by atoms with van der Waals surface area (Å²) in [5.41, 5.74) is 1.63. The first-order valence-electron chi connectivity index (χ1n) is 7.75. The van der Waals surface area contributed by atoms with Gasteiger partial charge in [0.1, 0.15) is 11.8 Å². The van der Waals surface area contributed by atoms with Gasteiger partial charge in [0, 0.05) is 6.20 Å². The van der Waals surface area contributed by atoms with E-state index >= 15 is 0 Å². The molecule has 1 aromatic heterocycles. The number of hydrogen-bond acceptors (Lipinski definition) is 4. The van der Waals surface area contributed by atoms with E-state index in [2.05, 4.69) is 11.9 Å². The molecule has 0 fully saturated rings. The van der Waals surface area contributed by atoms with Crippen LogP contribution in [0.1, 0.15) is 25.8 Å². The van der Waals surface area contributed by atoms with Crippen molar-refractivity contribution in [3.63, 3.8) is 0 Å². The molecule has 5 nitrogen and oxygen atoms in total. The Bertz CT molecular complexity index is 788. The highest BCUT2D eigenvalue weighted by atomic mass is 32.2. The number of rotatable bonds is 4. The predicted molar refractivity (Wildman–Crippen MR) is 89.3 cm³/mol. The SMILES string of the molecule is CCCc1ccc(S(=O)(=O)N2C[C@H](C)Oc3ncccc32)cc1. The molecule has 122 valence electrons. The summed E-state index contributed by atoms with van der Waals surface area (Å²) < 4.78 is 33.0. The fourth-order valence-corrected chi connectivity index (χ4v) is 4.23. The number of aryl methyl sites for hydroxylation is 1. The molecule has 2 heterocycles. The lowest BCUT2D eigenvalue weighted by Crippen LogP contribution is -2.42. The first-order chi connectivity index (χ1) is 11.0. The van der Waals surface area contributed by atoms with Gasteiger partial charge in [-0.1, -0.05) is 25.5 Å². The van der Waals surface area contributed by atoms with Crippen molar-refractivity contribution in [3.8, 4) is 5.88 Å². The molecular formula is C17H20N2O3S. The minimum absolute atomic E-state index is 0.244. The molecule has 0 saturated heterocycles. The number of benzene rings is 1. The maximum atomic E-state index is 13.0. The number of nitrogens with zero attached hydrogens (tertiary/aromatic N) is 2. The van der Waals surface area contributed by atoms with Gasteiger partial charge in [0.25, 0.3) is 10.0 Å².